The van der Waals surface area contributed by atoms with Crippen LogP contribution in [0.4, 0.5) is 0 Å². The lowest BCUT2D eigenvalue weighted by Crippen LogP contribution is -1.99. The summed E-state index contributed by atoms with van der Waals surface area (Å²) in [5, 5.41) is 8.77. The molecule has 78 valence electrons. The third kappa shape index (κ3) is 2.74. The Morgan fingerprint density at radius 1 is 1.21 bits per heavy atom. The summed E-state index contributed by atoms with van der Waals surface area (Å²) in [5.41, 5.74) is 2.77. The molecule has 1 aromatic rings. The highest BCUT2D eigenvalue weighted by atomic mass is 35.5. The molecule has 0 aliphatic rings. The highest BCUT2D eigenvalue weighted by molar-refractivity contribution is 5.87. The molecule has 0 amide bonds. The Morgan fingerprint density at radius 2 is 1.79 bits per heavy atom. The van der Waals surface area contributed by atoms with E-state index in [1.54, 1.807) is 12.1 Å². The largest absolute Gasteiger partial charge is 0.478 e. The van der Waals surface area contributed by atoms with Gasteiger partial charge in [0.15, 0.2) is 0 Å². The monoisotopic (exact) mass is 214 g/mol. The number of benzene rings is 1. The van der Waals surface area contributed by atoms with Crippen LogP contribution in [0.2, 0.25) is 0 Å². The summed E-state index contributed by atoms with van der Waals surface area (Å²) >= 11 is 0. The van der Waals surface area contributed by atoms with Crippen LogP contribution in [0, 0.1) is 0 Å². The number of carboxylic acid groups (broad SMARTS) is 1. The summed E-state index contributed by atoms with van der Waals surface area (Å²) in [6.07, 6.45) is 1.85. The Balaban J connectivity index is 0.00000169. The van der Waals surface area contributed by atoms with Crippen LogP contribution < -0.4 is 0 Å². The number of aromatic carboxylic acids is 1. The number of rotatable bonds is 3. The van der Waals surface area contributed by atoms with E-state index >= 15 is 0 Å². The number of carboxylic acids is 1. The quantitative estimate of drug-likeness (QED) is 0.840. The molecule has 3 heteroatoms. The molecule has 0 spiro atoms. The minimum Gasteiger partial charge on any atom is -0.478 e. The second-order valence-corrected chi connectivity index (χ2v) is 3.00. The topological polar surface area (TPSA) is 37.3 Å². The Bertz CT molecular complexity index is 321. The number of halogens is 1. The molecule has 0 bridgehead atoms. The van der Waals surface area contributed by atoms with Crippen LogP contribution in [-0.4, -0.2) is 11.1 Å². The van der Waals surface area contributed by atoms with Crippen molar-refractivity contribution in [3.8, 4) is 0 Å². The first-order valence-electron chi connectivity index (χ1n) is 4.54. The Hall–Kier alpha value is -1.02. The van der Waals surface area contributed by atoms with Crippen molar-refractivity contribution in [3.05, 3.63) is 34.9 Å². The van der Waals surface area contributed by atoms with Crippen molar-refractivity contribution < 1.29 is 9.90 Å². The van der Waals surface area contributed by atoms with Crippen LogP contribution in [0.3, 0.4) is 0 Å². The predicted molar refractivity (Wildman–Crippen MR) is 59.4 cm³/mol. The maximum atomic E-state index is 10.7. The molecule has 0 radical (unpaired) electrons. The molecular weight excluding hydrogens is 200 g/mol. The second kappa shape index (κ2) is 5.66. The summed E-state index contributed by atoms with van der Waals surface area (Å²) in [4.78, 5) is 10.7. The molecular formula is C11H15ClO2. The van der Waals surface area contributed by atoms with Gasteiger partial charge in [0.1, 0.15) is 0 Å². The first-order valence-corrected chi connectivity index (χ1v) is 4.54. The molecule has 14 heavy (non-hydrogen) atoms. The van der Waals surface area contributed by atoms with Gasteiger partial charge in [-0.1, -0.05) is 19.9 Å². The Labute approximate surface area is 90.4 Å². The molecule has 0 saturated carbocycles. The van der Waals surface area contributed by atoms with E-state index in [0.29, 0.717) is 5.56 Å². The lowest BCUT2D eigenvalue weighted by Gasteiger charge is -2.05. The van der Waals surface area contributed by atoms with E-state index in [9.17, 15) is 4.79 Å². The van der Waals surface area contributed by atoms with E-state index < -0.39 is 5.97 Å². The number of hydrogen-bond acceptors (Lipinski definition) is 1. The SMILES string of the molecule is CCc1ccc(C(=O)O)cc1CC.Cl. The fraction of sp³-hybridized carbons (Fsp3) is 0.364. The van der Waals surface area contributed by atoms with Gasteiger partial charge in [-0.25, -0.2) is 4.79 Å². The van der Waals surface area contributed by atoms with Gasteiger partial charge in [-0.2, -0.15) is 0 Å². The van der Waals surface area contributed by atoms with Crippen molar-refractivity contribution in [2.75, 3.05) is 0 Å². The summed E-state index contributed by atoms with van der Waals surface area (Å²) < 4.78 is 0. The fourth-order valence-electron chi connectivity index (χ4n) is 1.43. The molecule has 1 aromatic carbocycles. The van der Waals surface area contributed by atoms with Crippen molar-refractivity contribution in [2.45, 2.75) is 26.7 Å². The minimum atomic E-state index is -0.850. The van der Waals surface area contributed by atoms with Crippen LogP contribution >= 0.6 is 12.4 Å². The summed E-state index contributed by atoms with van der Waals surface area (Å²) in [5.74, 6) is -0.850. The molecule has 0 fully saturated rings. The van der Waals surface area contributed by atoms with Gasteiger partial charge in [-0.3, -0.25) is 0 Å². The number of carbonyl (C=O) groups is 1. The molecule has 0 unspecified atom stereocenters. The average Bonchev–Trinajstić information content (AvgIpc) is 2.16. The van der Waals surface area contributed by atoms with Gasteiger partial charge in [0.05, 0.1) is 5.56 Å². The normalized spacial score (nSPS) is 9.29. The standard InChI is InChI=1S/C11H14O2.ClH/c1-3-8-5-6-10(11(12)13)7-9(8)4-2;/h5-7H,3-4H2,1-2H3,(H,12,13);1H. The molecule has 1 rings (SSSR count). The van der Waals surface area contributed by atoms with Crippen LogP contribution in [0.25, 0.3) is 0 Å². The summed E-state index contributed by atoms with van der Waals surface area (Å²) in [6, 6.07) is 5.34. The molecule has 0 aromatic heterocycles. The maximum absolute atomic E-state index is 10.7. The first-order chi connectivity index (χ1) is 6.19. The summed E-state index contributed by atoms with van der Waals surface area (Å²) in [6.45, 7) is 4.12. The average molecular weight is 215 g/mol. The van der Waals surface area contributed by atoms with Gasteiger partial charge < -0.3 is 5.11 Å². The van der Waals surface area contributed by atoms with Gasteiger partial charge in [0.25, 0.3) is 0 Å². The Kier molecular flexibility index (Phi) is 5.24. The maximum Gasteiger partial charge on any atom is 0.335 e. The van der Waals surface area contributed by atoms with Crippen molar-refractivity contribution in [1.82, 2.24) is 0 Å². The molecule has 0 aliphatic heterocycles. The van der Waals surface area contributed by atoms with E-state index in [2.05, 4.69) is 6.92 Å². The van der Waals surface area contributed by atoms with Gasteiger partial charge in [-0.15, -0.1) is 12.4 Å². The van der Waals surface area contributed by atoms with Gasteiger partial charge >= 0.3 is 5.97 Å². The van der Waals surface area contributed by atoms with E-state index in [1.807, 2.05) is 13.0 Å². The zero-order chi connectivity index (χ0) is 9.84. The molecule has 1 N–H and O–H groups in total. The van der Waals surface area contributed by atoms with Crippen molar-refractivity contribution in [3.63, 3.8) is 0 Å². The highest BCUT2D eigenvalue weighted by Gasteiger charge is 2.05. The van der Waals surface area contributed by atoms with Gasteiger partial charge in [0.2, 0.25) is 0 Å². The molecule has 0 aliphatic carbocycles. The fourth-order valence-corrected chi connectivity index (χ4v) is 1.43. The van der Waals surface area contributed by atoms with Crippen LogP contribution in [0.1, 0.15) is 35.3 Å². The smallest absolute Gasteiger partial charge is 0.335 e. The molecule has 0 saturated heterocycles. The first kappa shape index (κ1) is 13.0. The number of aryl methyl sites for hydroxylation is 2. The minimum absolute atomic E-state index is 0. The predicted octanol–water partition coefficient (Wildman–Crippen LogP) is 2.93. The van der Waals surface area contributed by atoms with Crippen LogP contribution in [0.5, 0.6) is 0 Å². The van der Waals surface area contributed by atoms with Gasteiger partial charge in [-0.05, 0) is 36.1 Å². The van der Waals surface area contributed by atoms with Gasteiger partial charge in [0, 0.05) is 0 Å². The Morgan fingerprint density at radius 3 is 2.21 bits per heavy atom. The third-order valence-electron chi connectivity index (χ3n) is 2.22. The lowest BCUT2D eigenvalue weighted by atomic mass is 10.0. The summed E-state index contributed by atoms with van der Waals surface area (Å²) in [7, 11) is 0. The second-order valence-electron chi connectivity index (χ2n) is 3.00. The molecule has 0 atom stereocenters. The zero-order valence-corrected chi connectivity index (χ0v) is 9.23. The van der Waals surface area contributed by atoms with E-state index in [1.165, 1.54) is 5.56 Å². The van der Waals surface area contributed by atoms with Crippen molar-refractivity contribution >= 4 is 18.4 Å². The third-order valence-corrected chi connectivity index (χ3v) is 2.22. The van der Waals surface area contributed by atoms with E-state index in [0.717, 1.165) is 18.4 Å². The highest BCUT2D eigenvalue weighted by Crippen LogP contribution is 2.13. The molecule has 2 nitrogen and oxygen atoms in total. The molecule has 0 heterocycles. The number of hydrogen-bond donors (Lipinski definition) is 1. The van der Waals surface area contributed by atoms with Crippen molar-refractivity contribution in [1.29, 1.82) is 0 Å². The van der Waals surface area contributed by atoms with E-state index in [4.69, 9.17) is 5.11 Å². The van der Waals surface area contributed by atoms with Crippen LogP contribution in [-0.2, 0) is 12.8 Å². The van der Waals surface area contributed by atoms with E-state index in [-0.39, 0.29) is 12.4 Å². The lowest BCUT2D eigenvalue weighted by molar-refractivity contribution is 0.0697. The zero-order valence-electron chi connectivity index (χ0n) is 8.41. The van der Waals surface area contributed by atoms with Crippen LogP contribution in [0.15, 0.2) is 18.2 Å². The van der Waals surface area contributed by atoms with Crippen molar-refractivity contribution in [2.24, 2.45) is 0 Å².